The van der Waals surface area contributed by atoms with Crippen molar-refractivity contribution >= 4 is 17.8 Å². The van der Waals surface area contributed by atoms with Gasteiger partial charge in [-0.25, -0.2) is 4.79 Å². The van der Waals surface area contributed by atoms with Gasteiger partial charge in [0, 0.05) is 12.1 Å². The summed E-state index contributed by atoms with van der Waals surface area (Å²) in [5.74, 6) is 0.238. The zero-order valence-corrected chi connectivity index (χ0v) is 19.4. The van der Waals surface area contributed by atoms with Crippen molar-refractivity contribution in [2.24, 2.45) is 0 Å². The third-order valence-electron chi connectivity index (χ3n) is 5.59. The molecule has 1 aliphatic rings. The van der Waals surface area contributed by atoms with Crippen LogP contribution in [0.3, 0.4) is 0 Å². The molecule has 2 aromatic rings. The van der Waals surface area contributed by atoms with E-state index in [2.05, 4.69) is 10.7 Å². The van der Waals surface area contributed by atoms with Crippen LogP contribution in [0.2, 0.25) is 0 Å². The standard InChI is InChI=1S/C24H30N4O5/c1-24(14-13-17-9-6-5-7-10-17)22(30)28(23(31)25-24)26-20(29)16-27(2)15-18-11-8-12-19(32-3)21(18)33-4/h5-12H,13-16H2,1-4H3,(H,25,31)(H,26,29). The number of para-hydroxylation sites is 1. The van der Waals surface area contributed by atoms with Crippen LogP contribution in [0.15, 0.2) is 48.5 Å². The van der Waals surface area contributed by atoms with E-state index in [0.29, 0.717) is 30.9 Å². The number of carbonyl (C=O) groups excluding carboxylic acids is 3. The maximum Gasteiger partial charge on any atom is 0.344 e. The van der Waals surface area contributed by atoms with Gasteiger partial charge in [0.1, 0.15) is 5.54 Å². The molecule has 9 nitrogen and oxygen atoms in total. The highest BCUT2D eigenvalue weighted by Crippen LogP contribution is 2.31. The molecular weight excluding hydrogens is 424 g/mol. The minimum Gasteiger partial charge on any atom is -0.493 e. The fourth-order valence-electron chi connectivity index (χ4n) is 3.82. The van der Waals surface area contributed by atoms with Crippen molar-refractivity contribution in [2.45, 2.75) is 31.8 Å². The van der Waals surface area contributed by atoms with Crippen LogP contribution in [0.4, 0.5) is 4.79 Å². The number of imide groups is 1. The van der Waals surface area contributed by atoms with Gasteiger partial charge in [-0.2, -0.15) is 5.01 Å². The smallest absolute Gasteiger partial charge is 0.344 e. The van der Waals surface area contributed by atoms with E-state index in [1.54, 1.807) is 39.2 Å². The average Bonchev–Trinajstić information content (AvgIpc) is 3.01. The Bertz CT molecular complexity index is 1010. The van der Waals surface area contributed by atoms with Gasteiger partial charge in [0.2, 0.25) is 0 Å². The predicted octanol–water partition coefficient (Wildman–Crippen LogP) is 2.11. The topological polar surface area (TPSA) is 100 Å². The summed E-state index contributed by atoms with van der Waals surface area (Å²) in [4.78, 5) is 39.6. The monoisotopic (exact) mass is 454 g/mol. The minimum atomic E-state index is -1.08. The first-order chi connectivity index (χ1) is 15.8. The molecule has 33 heavy (non-hydrogen) atoms. The van der Waals surface area contributed by atoms with Gasteiger partial charge in [0.15, 0.2) is 11.5 Å². The second-order valence-corrected chi connectivity index (χ2v) is 8.25. The fraction of sp³-hybridized carbons (Fsp3) is 0.375. The molecule has 1 atom stereocenters. The average molecular weight is 455 g/mol. The van der Waals surface area contributed by atoms with Crippen molar-refractivity contribution in [3.05, 3.63) is 59.7 Å². The first-order valence-corrected chi connectivity index (χ1v) is 10.7. The number of urea groups is 1. The number of carbonyl (C=O) groups is 3. The van der Waals surface area contributed by atoms with Gasteiger partial charge in [-0.3, -0.25) is 19.9 Å². The lowest BCUT2D eigenvalue weighted by molar-refractivity contribution is -0.139. The Labute approximate surface area is 193 Å². The van der Waals surface area contributed by atoms with Crippen LogP contribution in [-0.2, 0) is 22.6 Å². The molecule has 0 radical (unpaired) electrons. The number of likely N-dealkylation sites (N-methyl/N-ethyl adjacent to an activating group) is 1. The lowest BCUT2D eigenvalue weighted by Crippen LogP contribution is -2.51. The van der Waals surface area contributed by atoms with Crippen molar-refractivity contribution in [1.82, 2.24) is 20.7 Å². The molecule has 3 rings (SSSR count). The Hall–Kier alpha value is -3.59. The number of nitrogens with one attached hydrogen (secondary N) is 2. The van der Waals surface area contributed by atoms with Crippen LogP contribution in [0, 0.1) is 0 Å². The molecule has 1 fully saturated rings. The van der Waals surface area contributed by atoms with Crippen molar-refractivity contribution in [1.29, 1.82) is 0 Å². The van der Waals surface area contributed by atoms with Crippen molar-refractivity contribution in [2.75, 3.05) is 27.8 Å². The number of hydrogen-bond acceptors (Lipinski definition) is 6. The lowest BCUT2D eigenvalue weighted by atomic mass is 9.93. The third-order valence-corrected chi connectivity index (χ3v) is 5.59. The zero-order valence-electron chi connectivity index (χ0n) is 19.4. The maximum atomic E-state index is 12.9. The highest BCUT2D eigenvalue weighted by molar-refractivity contribution is 6.07. The van der Waals surface area contributed by atoms with Crippen LogP contribution < -0.4 is 20.2 Å². The zero-order chi connectivity index (χ0) is 24.0. The number of benzene rings is 2. The summed E-state index contributed by atoms with van der Waals surface area (Å²) >= 11 is 0. The summed E-state index contributed by atoms with van der Waals surface area (Å²) in [5, 5.41) is 3.48. The number of rotatable bonds is 10. The first-order valence-electron chi connectivity index (χ1n) is 10.7. The van der Waals surface area contributed by atoms with Gasteiger partial charge >= 0.3 is 6.03 Å². The predicted molar refractivity (Wildman–Crippen MR) is 123 cm³/mol. The molecule has 1 unspecified atom stereocenters. The number of hydrazine groups is 1. The molecule has 4 amide bonds. The second-order valence-electron chi connectivity index (χ2n) is 8.25. The molecule has 2 aromatic carbocycles. The largest absolute Gasteiger partial charge is 0.493 e. The number of amides is 4. The molecule has 176 valence electrons. The summed E-state index contributed by atoms with van der Waals surface area (Å²) in [6.45, 7) is 2.05. The normalized spacial score (nSPS) is 17.8. The molecule has 0 spiro atoms. The molecule has 2 N–H and O–H groups in total. The van der Waals surface area contributed by atoms with Gasteiger partial charge < -0.3 is 14.8 Å². The SMILES string of the molecule is COc1cccc(CN(C)CC(=O)NN2C(=O)NC(C)(CCc3ccccc3)C2=O)c1OC. The van der Waals surface area contributed by atoms with Crippen LogP contribution in [0.5, 0.6) is 11.5 Å². The second kappa shape index (κ2) is 10.4. The van der Waals surface area contributed by atoms with E-state index in [1.165, 1.54) is 0 Å². The third kappa shape index (κ3) is 5.61. The van der Waals surface area contributed by atoms with Gasteiger partial charge in [-0.05, 0) is 38.4 Å². The summed E-state index contributed by atoms with van der Waals surface area (Å²) < 4.78 is 10.7. The van der Waals surface area contributed by atoms with E-state index in [0.717, 1.165) is 16.1 Å². The lowest BCUT2D eigenvalue weighted by Gasteiger charge is -2.22. The molecule has 0 bridgehead atoms. The van der Waals surface area contributed by atoms with Crippen LogP contribution >= 0.6 is 0 Å². The van der Waals surface area contributed by atoms with Gasteiger partial charge in [-0.1, -0.05) is 42.5 Å². The summed E-state index contributed by atoms with van der Waals surface area (Å²) in [6.07, 6.45) is 1.04. The molecule has 1 aliphatic heterocycles. The van der Waals surface area contributed by atoms with Crippen molar-refractivity contribution < 1.29 is 23.9 Å². The number of nitrogens with zero attached hydrogens (tertiary/aromatic N) is 2. The summed E-state index contributed by atoms with van der Waals surface area (Å²) in [6, 6.07) is 14.6. The minimum absolute atomic E-state index is 0.0296. The Morgan fingerprint density at radius 1 is 1.09 bits per heavy atom. The highest BCUT2D eigenvalue weighted by atomic mass is 16.5. The van der Waals surface area contributed by atoms with Crippen molar-refractivity contribution in [3.8, 4) is 11.5 Å². The van der Waals surface area contributed by atoms with Crippen molar-refractivity contribution in [3.63, 3.8) is 0 Å². The van der Waals surface area contributed by atoms with E-state index >= 15 is 0 Å². The van der Waals surface area contributed by atoms with Crippen LogP contribution in [0.25, 0.3) is 0 Å². The quantitative estimate of drug-likeness (QED) is 0.534. The number of aryl methyl sites for hydroxylation is 1. The number of methoxy groups -OCH3 is 2. The van der Waals surface area contributed by atoms with Gasteiger partial charge in [-0.15, -0.1) is 0 Å². The Balaban J connectivity index is 1.57. The molecule has 0 aromatic heterocycles. The summed E-state index contributed by atoms with van der Waals surface area (Å²) in [7, 11) is 4.87. The number of ether oxygens (including phenoxy) is 2. The molecular formula is C24H30N4O5. The molecule has 0 saturated carbocycles. The first kappa shape index (κ1) is 24.1. The molecule has 9 heteroatoms. The Kier molecular flexibility index (Phi) is 7.55. The van der Waals surface area contributed by atoms with Crippen LogP contribution in [0.1, 0.15) is 24.5 Å². The molecule has 1 saturated heterocycles. The van der Waals surface area contributed by atoms with E-state index < -0.39 is 23.4 Å². The molecule has 0 aliphatic carbocycles. The Morgan fingerprint density at radius 3 is 2.48 bits per heavy atom. The van der Waals surface area contributed by atoms with Crippen LogP contribution in [-0.4, -0.2) is 61.1 Å². The fourth-order valence-corrected chi connectivity index (χ4v) is 3.82. The summed E-state index contributed by atoms with van der Waals surface area (Å²) in [5.41, 5.74) is 3.26. The highest BCUT2D eigenvalue weighted by Gasteiger charge is 2.48. The van der Waals surface area contributed by atoms with Gasteiger partial charge in [0.25, 0.3) is 11.8 Å². The van der Waals surface area contributed by atoms with E-state index in [4.69, 9.17) is 9.47 Å². The maximum absolute atomic E-state index is 12.9. The molecule has 1 heterocycles. The van der Waals surface area contributed by atoms with Gasteiger partial charge in [0.05, 0.1) is 20.8 Å². The van der Waals surface area contributed by atoms with E-state index in [1.807, 2.05) is 42.5 Å². The Morgan fingerprint density at radius 2 is 1.82 bits per heavy atom. The number of hydrogen-bond donors (Lipinski definition) is 2. The van der Waals surface area contributed by atoms with E-state index in [-0.39, 0.29) is 6.54 Å². The van der Waals surface area contributed by atoms with E-state index in [9.17, 15) is 14.4 Å².